The van der Waals surface area contributed by atoms with Crippen molar-refractivity contribution in [2.75, 3.05) is 23.9 Å². The van der Waals surface area contributed by atoms with Crippen LogP contribution in [0.25, 0.3) is 5.69 Å². The summed E-state index contributed by atoms with van der Waals surface area (Å²) in [5.41, 5.74) is 7.87. The Morgan fingerprint density at radius 1 is 1.08 bits per heavy atom. The summed E-state index contributed by atoms with van der Waals surface area (Å²) in [5.74, 6) is -0.197. The van der Waals surface area contributed by atoms with Crippen LogP contribution in [0.15, 0.2) is 73.2 Å². The van der Waals surface area contributed by atoms with Crippen LogP contribution in [0.5, 0.6) is 0 Å². The molecular weight excluding hydrogens is 496 g/mol. The van der Waals surface area contributed by atoms with E-state index in [9.17, 15) is 4.79 Å². The maximum atomic E-state index is 12.1. The van der Waals surface area contributed by atoms with Gasteiger partial charge in [-0.3, -0.25) is 14.8 Å². The summed E-state index contributed by atoms with van der Waals surface area (Å²) >= 11 is 5.92. The third-order valence-corrected chi connectivity index (χ3v) is 7.14. The van der Waals surface area contributed by atoms with Crippen molar-refractivity contribution in [3.05, 3.63) is 101 Å². The SMILES string of the molecule is COCC(=O)Nc1ccc(N2C(=S)N[C@H](c3ccccn3)[C@@H]2c2cc(C)n(-c3cccnc3)c2C)cc1C. The Kier molecular flexibility index (Phi) is 7.22. The van der Waals surface area contributed by atoms with Gasteiger partial charge in [-0.05, 0) is 92.6 Å². The van der Waals surface area contributed by atoms with Crippen molar-refractivity contribution < 1.29 is 9.53 Å². The minimum Gasteiger partial charge on any atom is -0.375 e. The molecule has 1 amide bonds. The minimum absolute atomic E-state index is 0.00169. The number of ether oxygens (including phenoxy) is 1. The number of rotatable bonds is 7. The van der Waals surface area contributed by atoms with Crippen molar-refractivity contribution in [2.24, 2.45) is 0 Å². The second-order valence-electron chi connectivity index (χ2n) is 9.35. The number of aromatic nitrogens is 3. The van der Waals surface area contributed by atoms with Gasteiger partial charge in [0.2, 0.25) is 5.91 Å². The van der Waals surface area contributed by atoms with E-state index in [0.717, 1.165) is 45.3 Å². The van der Waals surface area contributed by atoms with E-state index in [1.807, 2.05) is 55.6 Å². The number of benzene rings is 1. The lowest BCUT2D eigenvalue weighted by molar-refractivity contribution is -0.119. The number of carbonyl (C=O) groups excluding carboxylic acids is 1. The zero-order valence-corrected chi connectivity index (χ0v) is 22.6. The van der Waals surface area contributed by atoms with Crippen LogP contribution < -0.4 is 15.5 Å². The fourth-order valence-corrected chi connectivity index (χ4v) is 5.52. The smallest absolute Gasteiger partial charge is 0.250 e. The molecule has 1 aliphatic heterocycles. The van der Waals surface area contributed by atoms with E-state index in [-0.39, 0.29) is 24.6 Å². The molecule has 0 radical (unpaired) electrons. The number of aryl methyl sites for hydroxylation is 2. The van der Waals surface area contributed by atoms with E-state index >= 15 is 0 Å². The first-order valence-corrected chi connectivity index (χ1v) is 12.8. The van der Waals surface area contributed by atoms with Gasteiger partial charge in [0.1, 0.15) is 6.61 Å². The van der Waals surface area contributed by atoms with Crippen LogP contribution in [0.1, 0.15) is 40.3 Å². The summed E-state index contributed by atoms with van der Waals surface area (Å²) in [6.07, 6.45) is 5.45. The molecule has 2 N–H and O–H groups in total. The maximum Gasteiger partial charge on any atom is 0.250 e. The van der Waals surface area contributed by atoms with Crippen molar-refractivity contribution in [2.45, 2.75) is 32.9 Å². The molecule has 0 aliphatic carbocycles. The van der Waals surface area contributed by atoms with Crippen LogP contribution in [-0.2, 0) is 9.53 Å². The van der Waals surface area contributed by atoms with Crippen molar-refractivity contribution >= 4 is 34.6 Å². The monoisotopic (exact) mass is 526 g/mol. The number of carbonyl (C=O) groups is 1. The van der Waals surface area contributed by atoms with E-state index in [4.69, 9.17) is 17.0 Å². The molecule has 2 atom stereocenters. The number of anilines is 2. The average Bonchev–Trinajstić information content (AvgIpc) is 3.41. The second kappa shape index (κ2) is 10.7. The zero-order valence-electron chi connectivity index (χ0n) is 21.8. The molecule has 0 bridgehead atoms. The van der Waals surface area contributed by atoms with Crippen molar-refractivity contribution in [1.82, 2.24) is 19.9 Å². The Labute approximate surface area is 227 Å². The summed E-state index contributed by atoms with van der Waals surface area (Å²) < 4.78 is 7.17. The quantitative estimate of drug-likeness (QED) is 0.330. The number of hydrogen-bond acceptors (Lipinski definition) is 5. The van der Waals surface area contributed by atoms with Gasteiger partial charge in [-0.1, -0.05) is 6.07 Å². The molecule has 38 heavy (non-hydrogen) atoms. The summed E-state index contributed by atoms with van der Waals surface area (Å²) in [4.78, 5) is 23.2. The van der Waals surface area contributed by atoms with Crippen LogP contribution in [-0.4, -0.2) is 39.3 Å². The lowest BCUT2D eigenvalue weighted by atomic mass is 9.96. The fourth-order valence-electron chi connectivity index (χ4n) is 5.17. The molecule has 0 unspecified atom stereocenters. The van der Waals surface area contributed by atoms with Crippen LogP contribution in [0.4, 0.5) is 11.4 Å². The first-order chi connectivity index (χ1) is 18.4. The van der Waals surface area contributed by atoms with Crippen molar-refractivity contribution in [3.63, 3.8) is 0 Å². The standard InChI is InChI=1S/C29H30N6O2S/c1-18-14-21(10-11-24(18)32-26(36)17-37-4)35-28(27(33-29(35)38)25-9-5-6-13-31-25)23-15-19(2)34(20(23)3)22-8-7-12-30-16-22/h5-16,27-28H,17H2,1-4H3,(H,32,36)(H,33,38)/t27-,28+/m1/s1. The Hall–Kier alpha value is -4.08. The summed E-state index contributed by atoms with van der Waals surface area (Å²) in [7, 11) is 1.50. The summed E-state index contributed by atoms with van der Waals surface area (Å²) in [5, 5.41) is 7.06. The first kappa shape index (κ1) is 25.6. The largest absolute Gasteiger partial charge is 0.375 e. The number of amides is 1. The summed E-state index contributed by atoms with van der Waals surface area (Å²) in [6.45, 7) is 6.20. The van der Waals surface area contributed by atoms with Gasteiger partial charge >= 0.3 is 0 Å². The molecule has 0 saturated carbocycles. The topological polar surface area (TPSA) is 84.3 Å². The van der Waals surface area contributed by atoms with Gasteiger partial charge < -0.3 is 24.8 Å². The molecule has 5 rings (SSSR count). The fraction of sp³-hybridized carbons (Fsp3) is 0.241. The lowest BCUT2D eigenvalue weighted by Gasteiger charge is -2.29. The highest BCUT2D eigenvalue weighted by Crippen LogP contribution is 2.44. The highest BCUT2D eigenvalue weighted by Gasteiger charge is 2.42. The van der Waals surface area contributed by atoms with E-state index in [2.05, 4.69) is 56.0 Å². The number of pyridine rings is 2. The lowest BCUT2D eigenvalue weighted by Crippen LogP contribution is -2.29. The molecule has 3 aromatic heterocycles. The number of methoxy groups -OCH3 is 1. The predicted octanol–water partition coefficient (Wildman–Crippen LogP) is 4.95. The Morgan fingerprint density at radius 3 is 2.61 bits per heavy atom. The number of nitrogens with zero attached hydrogens (tertiary/aromatic N) is 4. The normalized spacial score (nSPS) is 16.9. The van der Waals surface area contributed by atoms with Crippen molar-refractivity contribution in [3.8, 4) is 5.69 Å². The summed E-state index contributed by atoms with van der Waals surface area (Å²) in [6, 6.07) is 17.8. The van der Waals surface area contributed by atoms with Gasteiger partial charge in [-0.25, -0.2) is 0 Å². The van der Waals surface area contributed by atoms with Gasteiger partial charge in [0, 0.05) is 42.3 Å². The highest BCUT2D eigenvalue weighted by molar-refractivity contribution is 7.80. The van der Waals surface area contributed by atoms with Crippen molar-refractivity contribution in [1.29, 1.82) is 0 Å². The van der Waals surface area contributed by atoms with Gasteiger partial charge in [-0.15, -0.1) is 0 Å². The maximum absolute atomic E-state index is 12.1. The van der Waals surface area contributed by atoms with Crippen LogP contribution in [0.2, 0.25) is 0 Å². The molecule has 1 aromatic carbocycles. The number of thiocarbonyl (C=S) groups is 1. The minimum atomic E-state index is -0.197. The van der Waals surface area contributed by atoms with Gasteiger partial charge in [0.15, 0.2) is 5.11 Å². The highest BCUT2D eigenvalue weighted by atomic mass is 32.1. The molecule has 1 saturated heterocycles. The molecule has 1 aliphatic rings. The molecule has 9 heteroatoms. The number of hydrogen-bond donors (Lipinski definition) is 2. The average molecular weight is 527 g/mol. The number of nitrogens with one attached hydrogen (secondary N) is 2. The van der Waals surface area contributed by atoms with E-state index in [1.165, 1.54) is 7.11 Å². The molecule has 1 fully saturated rings. The van der Waals surface area contributed by atoms with Crippen LogP contribution in [0, 0.1) is 20.8 Å². The first-order valence-electron chi connectivity index (χ1n) is 12.4. The third kappa shape index (κ3) is 4.78. The Morgan fingerprint density at radius 2 is 1.92 bits per heavy atom. The third-order valence-electron chi connectivity index (χ3n) is 6.83. The van der Waals surface area contributed by atoms with E-state index < -0.39 is 0 Å². The molecule has 4 aromatic rings. The molecule has 8 nitrogen and oxygen atoms in total. The molecule has 4 heterocycles. The van der Waals surface area contributed by atoms with Crippen LogP contribution in [0.3, 0.4) is 0 Å². The van der Waals surface area contributed by atoms with Gasteiger partial charge in [0.05, 0.1) is 29.7 Å². The van der Waals surface area contributed by atoms with E-state index in [1.54, 1.807) is 12.4 Å². The Balaban J connectivity index is 1.60. The molecular formula is C29H30N6O2S. The second-order valence-corrected chi connectivity index (χ2v) is 9.74. The Bertz CT molecular complexity index is 1470. The van der Waals surface area contributed by atoms with E-state index in [0.29, 0.717) is 5.11 Å². The molecule has 194 valence electrons. The van der Waals surface area contributed by atoms with Gasteiger partial charge in [0.25, 0.3) is 0 Å². The molecule has 0 spiro atoms. The zero-order chi connectivity index (χ0) is 26.8. The van der Waals surface area contributed by atoms with Gasteiger partial charge in [-0.2, -0.15) is 0 Å². The van der Waals surface area contributed by atoms with Crippen LogP contribution >= 0.6 is 12.2 Å². The predicted molar refractivity (Wildman–Crippen MR) is 153 cm³/mol.